The summed E-state index contributed by atoms with van der Waals surface area (Å²) in [6.07, 6.45) is 1.14. The summed E-state index contributed by atoms with van der Waals surface area (Å²) in [6.45, 7) is 1.71. The molecule has 0 aliphatic rings. The van der Waals surface area contributed by atoms with Crippen LogP contribution in [0.25, 0.3) is 21.7 Å². The molecule has 0 saturated carbocycles. The quantitative estimate of drug-likeness (QED) is 0.479. The van der Waals surface area contributed by atoms with Gasteiger partial charge in [-0.2, -0.15) is 0 Å². The fraction of sp³-hybridized carbons (Fsp3) is 0.100. The Hall–Kier alpha value is -3.37. The highest BCUT2D eigenvalue weighted by Crippen LogP contribution is 2.31. The van der Waals surface area contributed by atoms with Crippen LogP contribution in [0.4, 0.5) is 11.5 Å². The monoisotopic (exact) mass is 440 g/mol. The second-order valence-corrected chi connectivity index (χ2v) is 9.46. The molecule has 0 aliphatic heterocycles. The summed E-state index contributed by atoms with van der Waals surface area (Å²) < 4.78 is 23.7. The van der Waals surface area contributed by atoms with Crippen molar-refractivity contribution in [2.24, 2.45) is 0 Å². The first-order valence-corrected chi connectivity index (χ1v) is 11.5. The van der Waals surface area contributed by atoms with Crippen molar-refractivity contribution in [1.82, 2.24) is 15.0 Å². The lowest BCUT2D eigenvalue weighted by Crippen LogP contribution is -2.04. The van der Waals surface area contributed by atoms with Crippen molar-refractivity contribution in [2.45, 2.75) is 11.8 Å². The highest BCUT2D eigenvalue weighted by Gasteiger charge is 2.17. The van der Waals surface area contributed by atoms with Gasteiger partial charge in [-0.15, -0.1) is 11.3 Å². The third-order valence-electron chi connectivity index (χ3n) is 4.53. The van der Waals surface area contributed by atoms with Gasteiger partial charge in [0.15, 0.2) is 21.5 Å². The third-order valence-corrected chi connectivity index (χ3v) is 6.36. The van der Waals surface area contributed by atoms with Crippen molar-refractivity contribution in [3.05, 3.63) is 59.1 Å². The molecule has 0 atom stereocenters. The molecule has 0 bridgehead atoms. The van der Waals surface area contributed by atoms with Gasteiger partial charge in [-0.3, -0.25) is 0 Å². The Bertz CT molecular complexity index is 1400. The zero-order valence-corrected chi connectivity index (χ0v) is 17.6. The van der Waals surface area contributed by atoms with E-state index in [1.807, 2.05) is 0 Å². The molecule has 10 heteroatoms. The zero-order chi connectivity index (χ0) is 21.5. The van der Waals surface area contributed by atoms with Gasteiger partial charge < -0.3 is 10.4 Å². The van der Waals surface area contributed by atoms with Gasteiger partial charge >= 0.3 is 5.97 Å². The van der Waals surface area contributed by atoms with Gasteiger partial charge in [0, 0.05) is 17.5 Å². The number of rotatable bonds is 5. The molecule has 0 amide bonds. The lowest BCUT2D eigenvalue weighted by molar-refractivity contribution is 0.0696. The molecule has 0 fully saturated rings. The summed E-state index contributed by atoms with van der Waals surface area (Å²) in [7, 11) is -3.36. The molecule has 2 aromatic heterocycles. The van der Waals surface area contributed by atoms with E-state index in [1.54, 1.807) is 36.7 Å². The van der Waals surface area contributed by atoms with Crippen LogP contribution < -0.4 is 5.32 Å². The summed E-state index contributed by atoms with van der Waals surface area (Å²) in [5, 5.41) is 12.5. The fourth-order valence-corrected chi connectivity index (χ4v) is 4.35. The van der Waals surface area contributed by atoms with E-state index in [9.17, 15) is 18.3 Å². The number of thiazole rings is 1. The summed E-state index contributed by atoms with van der Waals surface area (Å²) in [4.78, 5) is 25.7. The number of aromatic carboxylic acids is 1. The van der Waals surface area contributed by atoms with Gasteiger partial charge in [-0.1, -0.05) is 18.2 Å². The van der Waals surface area contributed by atoms with Crippen LogP contribution in [0.3, 0.4) is 0 Å². The van der Waals surface area contributed by atoms with Crippen molar-refractivity contribution >= 4 is 49.0 Å². The van der Waals surface area contributed by atoms with E-state index in [0.29, 0.717) is 38.8 Å². The third kappa shape index (κ3) is 3.74. The Kier molecular flexibility index (Phi) is 4.96. The van der Waals surface area contributed by atoms with Gasteiger partial charge in [0.1, 0.15) is 10.3 Å². The number of hydrogen-bond donors (Lipinski definition) is 2. The molecule has 2 heterocycles. The second kappa shape index (κ2) is 7.47. The predicted octanol–water partition coefficient (Wildman–Crippen LogP) is 3.91. The van der Waals surface area contributed by atoms with Crippen LogP contribution in [0.2, 0.25) is 0 Å². The van der Waals surface area contributed by atoms with E-state index in [-0.39, 0.29) is 10.5 Å². The molecule has 0 unspecified atom stereocenters. The van der Waals surface area contributed by atoms with Crippen molar-refractivity contribution in [2.75, 3.05) is 11.6 Å². The number of aromatic nitrogens is 3. The van der Waals surface area contributed by atoms with Crippen LogP contribution in [-0.2, 0) is 9.84 Å². The second-order valence-electron chi connectivity index (χ2n) is 6.61. The van der Waals surface area contributed by atoms with Crippen molar-refractivity contribution in [1.29, 1.82) is 0 Å². The first-order valence-electron chi connectivity index (χ1n) is 8.75. The highest BCUT2D eigenvalue weighted by molar-refractivity contribution is 7.90. The van der Waals surface area contributed by atoms with E-state index in [2.05, 4.69) is 20.3 Å². The molecule has 0 radical (unpaired) electrons. The van der Waals surface area contributed by atoms with Crippen molar-refractivity contribution < 1.29 is 18.3 Å². The molecule has 2 N–H and O–H groups in total. The van der Waals surface area contributed by atoms with Gasteiger partial charge in [0.05, 0.1) is 16.0 Å². The van der Waals surface area contributed by atoms with Crippen LogP contribution in [0.5, 0.6) is 0 Å². The van der Waals surface area contributed by atoms with Gasteiger partial charge in [-0.05, 0) is 36.8 Å². The maximum Gasteiger partial charge on any atom is 0.335 e. The summed E-state index contributed by atoms with van der Waals surface area (Å²) in [5.41, 5.74) is 4.04. The van der Waals surface area contributed by atoms with E-state index in [1.165, 1.54) is 29.5 Å². The number of nitrogens with zero attached hydrogens (tertiary/aromatic N) is 3. The number of benzene rings is 2. The van der Waals surface area contributed by atoms with E-state index in [0.717, 1.165) is 6.26 Å². The van der Waals surface area contributed by atoms with Crippen molar-refractivity contribution in [3.63, 3.8) is 0 Å². The molecular formula is C20H16N4O4S2. The Morgan fingerprint density at radius 3 is 2.63 bits per heavy atom. The molecule has 2 aromatic carbocycles. The highest BCUT2D eigenvalue weighted by atomic mass is 32.2. The number of fused-ring (bicyclic) bond motifs is 1. The van der Waals surface area contributed by atoms with Crippen LogP contribution >= 0.6 is 11.3 Å². The maximum atomic E-state index is 11.9. The zero-order valence-electron chi connectivity index (χ0n) is 15.9. The molecule has 0 saturated heterocycles. The fourth-order valence-electron chi connectivity index (χ4n) is 3.02. The number of nitrogens with one attached hydrogen (secondary N) is 1. The lowest BCUT2D eigenvalue weighted by atomic mass is 10.0. The number of anilines is 2. The topological polar surface area (TPSA) is 122 Å². The number of sulfone groups is 1. The smallest absolute Gasteiger partial charge is 0.335 e. The molecule has 0 aliphatic carbocycles. The standard InChI is InChI=1S/C20H16N4O4S2/c1-11-14(7-4-8-15(11)20(25)26)17-23-18(16-19(24-17)29-10-21-16)22-12-5-3-6-13(9-12)30(2,27)28/h3-10H,1-2H3,(H,25,26)(H,22,23,24). The van der Waals surface area contributed by atoms with Crippen LogP contribution in [0.1, 0.15) is 15.9 Å². The number of carboxylic acid groups (broad SMARTS) is 1. The molecule has 8 nitrogen and oxygen atoms in total. The van der Waals surface area contributed by atoms with E-state index in [4.69, 9.17) is 0 Å². The Morgan fingerprint density at radius 2 is 1.90 bits per heavy atom. The lowest BCUT2D eigenvalue weighted by Gasteiger charge is -2.11. The first kappa shape index (κ1) is 19.9. The van der Waals surface area contributed by atoms with Gasteiger partial charge in [0.2, 0.25) is 0 Å². The largest absolute Gasteiger partial charge is 0.478 e. The van der Waals surface area contributed by atoms with Crippen LogP contribution in [-0.4, -0.2) is 40.7 Å². The Balaban J connectivity index is 1.84. The predicted molar refractivity (Wildman–Crippen MR) is 115 cm³/mol. The minimum atomic E-state index is -3.36. The number of hydrogen-bond acceptors (Lipinski definition) is 8. The van der Waals surface area contributed by atoms with Crippen LogP contribution in [0, 0.1) is 6.92 Å². The number of carboxylic acids is 1. The van der Waals surface area contributed by atoms with Gasteiger partial charge in [0.25, 0.3) is 0 Å². The molecule has 0 spiro atoms. The SMILES string of the molecule is Cc1c(C(=O)O)cccc1-c1nc(Nc2cccc(S(C)(=O)=O)c2)c2ncsc2n1. The molecule has 4 rings (SSSR count). The summed E-state index contributed by atoms with van der Waals surface area (Å²) >= 11 is 1.33. The average Bonchev–Trinajstić information content (AvgIpc) is 3.16. The van der Waals surface area contributed by atoms with Crippen LogP contribution in [0.15, 0.2) is 52.9 Å². The maximum absolute atomic E-state index is 11.9. The Labute approximate surface area is 176 Å². The normalized spacial score (nSPS) is 11.5. The number of carbonyl (C=O) groups is 1. The summed E-state index contributed by atoms with van der Waals surface area (Å²) in [6, 6.07) is 11.3. The minimum absolute atomic E-state index is 0.177. The average molecular weight is 441 g/mol. The van der Waals surface area contributed by atoms with E-state index >= 15 is 0 Å². The minimum Gasteiger partial charge on any atom is -0.478 e. The van der Waals surface area contributed by atoms with E-state index < -0.39 is 15.8 Å². The molecular weight excluding hydrogens is 424 g/mol. The van der Waals surface area contributed by atoms with Crippen molar-refractivity contribution in [3.8, 4) is 11.4 Å². The first-order chi connectivity index (χ1) is 14.2. The molecule has 152 valence electrons. The molecule has 4 aromatic rings. The Morgan fingerprint density at radius 1 is 1.13 bits per heavy atom. The molecule has 30 heavy (non-hydrogen) atoms. The summed E-state index contributed by atoms with van der Waals surface area (Å²) in [5.74, 6) is -0.264. The van der Waals surface area contributed by atoms with Gasteiger partial charge in [-0.25, -0.2) is 28.2 Å².